The second kappa shape index (κ2) is 11.4. The van der Waals surface area contributed by atoms with Crippen LogP contribution in [0, 0.1) is 12.8 Å². The van der Waals surface area contributed by atoms with Crippen LogP contribution in [0.5, 0.6) is 0 Å². The molecule has 0 radical (unpaired) electrons. The van der Waals surface area contributed by atoms with Crippen LogP contribution in [-0.2, 0) is 17.9 Å². The zero-order chi connectivity index (χ0) is 25.6. The number of aromatic nitrogens is 2. The van der Waals surface area contributed by atoms with Gasteiger partial charge in [-0.3, -0.25) is 9.69 Å². The van der Waals surface area contributed by atoms with E-state index in [1.807, 2.05) is 43.4 Å². The first-order valence-corrected chi connectivity index (χ1v) is 12.9. The van der Waals surface area contributed by atoms with Crippen molar-refractivity contribution >= 4 is 34.3 Å². The Morgan fingerprint density at radius 3 is 2.43 bits per heavy atom. The lowest BCUT2D eigenvalue weighted by molar-refractivity contribution is -0.121. The molecule has 7 heteroatoms. The maximum Gasteiger partial charge on any atom is 0.227 e. The highest BCUT2D eigenvalue weighted by molar-refractivity contribution is 5.92. The maximum absolute atomic E-state index is 12.9. The minimum absolute atomic E-state index is 0.0595. The van der Waals surface area contributed by atoms with Crippen molar-refractivity contribution in [3.05, 3.63) is 89.5 Å². The first-order valence-electron chi connectivity index (χ1n) is 12.9. The van der Waals surface area contributed by atoms with Gasteiger partial charge in [0.1, 0.15) is 5.82 Å². The molecule has 190 valence electrons. The number of fused-ring (bicyclic) bond motifs is 1. The van der Waals surface area contributed by atoms with Crippen LogP contribution in [0.15, 0.2) is 72.8 Å². The minimum atomic E-state index is 0.0595. The van der Waals surface area contributed by atoms with Crippen molar-refractivity contribution in [1.29, 1.82) is 0 Å². The lowest BCUT2D eigenvalue weighted by Gasteiger charge is -2.31. The molecule has 0 aliphatic carbocycles. The number of likely N-dealkylation sites (tertiary alicyclic amines) is 1. The predicted molar refractivity (Wildman–Crippen MR) is 151 cm³/mol. The Kier molecular flexibility index (Phi) is 7.61. The van der Waals surface area contributed by atoms with E-state index in [1.54, 1.807) is 0 Å². The summed E-state index contributed by atoms with van der Waals surface area (Å²) in [6.45, 7) is 5.53. The van der Waals surface area contributed by atoms with Crippen LogP contribution in [0.2, 0.25) is 0 Å². The van der Waals surface area contributed by atoms with Gasteiger partial charge in [0, 0.05) is 37.1 Å². The number of benzene rings is 3. The van der Waals surface area contributed by atoms with Crippen LogP contribution < -0.4 is 16.0 Å². The van der Waals surface area contributed by atoms with Crippen LogP contribution >= 0.6 is 0 Å². The van der Waals surface area contributed by atoms with Crippen molar-refractivity contribution in [2.75, 3.05) is 36.1 Å². The van der Waals surface area contributed by atoms with Gasteiger partial charge in [-0.05, 0) is 68.2 Å². The third kappa shape index (κ3) is 6.24. The zero-order valence-electron chi connectivity index (χ0n) is 21.5. The number of nitrogens with one attached hydrogen (secondary N) is 3. The summed E-state index contributed by atoms with van der Waals surface area (Å²) >= 11 is 0. The van der Waals surface area contributed by atoms with Crippen LogP contribution in [0.1, 0.15) is 29.5 Å². The molecule has 2 heterocycles. The largest absolute Gasteiger partial charge is 0.365 e. The van der Waals surface area contributed by atoms with Gasteiger partial charge in [-0.1, -0.05) is 54.1 Å². The van der Waals surface area contributed by atoms with Gasteiger partial charge < -0.3 is 16.0 Å². The van der Waals surface area contributed by atoms with E-state index in [-0.39, 0.29) is 11.8 Å². The molecule has 0 saturated carbocycles. The molecule has 1 aliphatic rings. The van der Waals surface area contributed by atoms with Gasteiger partial charge in [-0.25, -0.2) is 4.98 Å². The van der Waals surface area contributed by atoms with E-state index in [9.17, 15) is 4.79 Å². The molecule has 3 aromatic carbocycles. The second-order valence-corrected chi connectivity index (χ2v) is 9.74. The topological polar surface area (TPSA) is 82.2 Å². The molecule has 0 atom stereocenters. The smallest absolute Gasteiger partial charge is 0.227 e. The Morgan fingerprint density at radius 2 is 1.70 bits per heavy atom. The number of anilines is 3. The molecule has 1 aliphatic heterocycles. The van der Waals surface area contributed by atoms with Crippen LogP contribution in [-0.4, -0.2) is 40.9 Å². The number of rotatable bonds is 8. The average molecular weight is 495 g/mol. The number of nitrogens with zero attached hydrogens (tertiary/aromatic N) is 3. The van der Waals surface area contributed by atoms with E-state index < -0.39 is 0 Å². The summed E-state index contributed by atoms with van der Waals surface area (Å²) in [5.74, 6) is 1.56. The number of aryl methyl sites for hydroxylation is 1. The van der Waals surface area contributed by atoms with E-state index in [4.69, 9.17) is 0 Å². The Bertz CT molecular complexity index is 1350. The SMILES string of the molecule is CNc1nc(NCc2ccc(NC(=O)C3CCN(Cc4ccccc4)CC3)cc2)c2cc(C)ccc2n1. The van der Waals surface area contributed by atoms with Gasteiger partial charge in [0.05, 0.1) is 5.52 Å². The molecular formula is C30H34N6O. The number of amides is 1. The molecule has 3 N–H and O–H groups in total. The summed E-state index contributed by atoms with van der Waals surface area (Å²) < 4.78 is 0. The van der Waals surface area contributed by atoms with E-state index in [0.717, 1.165) is 60.4 Å². The fraction of sp³-hybridized carbons (Fsp3) is 0.300. The van der Waals surface area contributed by atoms with Gasteiger partial charge in [-0.2, -0.15) is 4.98 Å². The standard InChI is InChI=1S/C30H34N6O/c1-21-8-13-27-26(18-21)28(35-30(31-2)34-27)32-19-22-9-11-25(12-10-22)33-29(37)24-14-16-36(17-15-24)20-23-6-4-3-5-7-23/h3-13,18,24H,14-17,19-20H2,1-2H3,(H,33,37)(H2,31,32,34,35). The Hall–Kier alpha value is -3.97. The molecule has 0 bridgehead atoms. The number of carbonyl (C=O) groups excluding carboxylic acids is 1. The van der Waals surface area contributed by atoms with E-state index in [1.165, 1.54) is 11.1 Å². The molecule has 7 nitrogen and oxygen atoms in total. The molecule has 1 fully saturated rings. The van der Waals surface area contributed by atoms with Crippen molar-refractivity contribution in [3.63, 3.8) is 0 Å². The van der Waals surface area contributed by atoms with Gasteiger partial charge in [0.2, 0.25) is 11.9 Å². The number of piperidine rings is 1. The van der Waals surface area contributed by atoms with Crippen molar-refractivity contribution in [2.45, 2.75) is 32.9 Å². The minimum Gasteiger partial charge on any atom is -0.365 e. The van der Waals surface area contributed by atoms with Gasteiger partial charge in [-0.15, -0.1) is 0 Å². The molecule has 1 aromatic heterocycles. The number of carbonyl (C=O) groups is 1. The predicted octanol–water partition coefficient (Wildman–Crippen LogP) is 5.44. The summed E-state index contributed by atoms with van der Waals surface area (Å²) in [5, 5.41) is 10.6. The third-order valence-corrected chi connectivity index (χ3v) is 6.96. The quantitative estimate of drug-likeness (QED) is 0.303. The van der Waals surface area contributed by atoms with Crippen molar-refractivity contribution in [2.24, 2.45) is 5.92 Å². The van der Waals surface area contributed by atoms with E-state index in [2.05, 4.69) is 74.1 Å². The summed E-state index contributed by atoms with van der Waals surface area (Å²) in [6, 6.07) is 24.7. The lowest BCUT2D eigenvalue weighted by Crippen LogP contribution is -2.37. The number of hydrogen-bond donors (Lipinski definition) is 3. The van der Waals surface area contributed by atoms with Crippen LogP contribution in [0.25, 0.3) is 10.9 Å². The monoisotopic (exact) mass is 494 g/mol. The number of hydrogen-bond acceptors (Lipinski definition) is 6. The maximum atomic E-state index is 12.9. The Labute approximate surface area is 218 Å². The van der Waals surface area contributed by atoms with Gasteiger partial charge >= 0.3 is 0 Å². The van der Waals surface area contributed by atoms with E-state index >= 15 is 0 Å². The molecule has 4 aromatic rings. The highest BCUT2D eigenvalue weighted by atomic mass is 16.1. The van der Waals surface area contributed by atoms with Gasteiger partial charge in [0.25, 0.3) is 0 Å². The first kappa shape index (κ1) is 24.7. The summed E-state index contributed by atoms with van der Waals surface area (Å²) in [7, 11) is 1.82. The summed E-state index contributed by atoms with van der Waals surface area (Å²) in [4.78, 5) is 24.5. The fourth-order valence-corrected chi connectivity index (χ4v) is 4.82. The Morgan fingerprint density at radius 1 is 0.946 bits per heavy atom. The molecule has 1 saturated heterocycles. The normalized spacial score (nSPS) is 14.4. The summed E-state index contributed by atoms with van der Waals surface area (Å²) in [6.07, 6.45) is 1.78. The molecule has 0 unspecified atom stereocenters. The average Bonchev–Trinajstić information content (AvgIpc) is 2.93. The zero-order valence-corrected chi connectivity index (χ0v) is 21.5. The lowest BCUT2D eigenvalue weighted by atomic mass is 9.95. The molecule has 1 amide bonds. The second-order valence-electron chi connectivity index (χ2n) is 9.74. The van der Waals surface area contributed by atoms with Crippen molar-refractivity contribution in [1.82, 2.24) is 14.9 Å². The molecule has 5 rings (SSSR count). The van der Waals surface area contributed by atoms with Gasteiger partial charge in [0.15, 0.2) is 0 Å². The molecular weight excluding hydrogens is 460 g/mol. The van der Waals surface area contributed by atoms with Crippen molar-refractivity contribution in [3.8, 4) is 0 Å². The highest BCUT2D eigenvalue weighted by Crippen LogP contribution is 2.25. The van der Waals surface area contributed by atoms with E-state index in [0.29, 0.717) is 12.5 Å². The third-order valence-electron chi connectivity index (χ3n) is 6.96. The highest BCUT2D eigenvalue weighted by Gasteiger charge is 2.25. The molecule has 37 heavy (non-hydrogen) atoms. The van der Waals surface area contributed by atoms with Crippen molar-refractivity contribution < 1.29 is 4.79 Å². The first-order chi connectivity index (χ1) is 18.1. The fourth-order valence-electron chi connectivity index (χ4n) is 4.82. The summed E-state index contributed by atoms with van der Waals surface area (Å²) in [5.41, 5.74) is 5.33. The van der Waals surface area contributed by atoms with Crippen LogP contribution in [0.4, 0.5) is 17.5 Å². The molecule has 0 spiro atoms. The Balaban J connectivity index is 1.14. The van der Waals surface area contributed by atoms with Crippen LogP contribution in [0.3, 0.4) is 0 Å².